The Balaban J connectivity index is 0.00000342. The van der Waals surface area contributed by atoms with E-state index in [1.54, 1.807) is 24.3 Å². The third-order valence-corrected chi connectivity index (χ3v) is 6.99. The molecule has 0 unspecified atom stereocenters. The minimum absolute atomic E-state index is 0. The molecule has 2 fully saturated rings. The number of amides is 2. The Morgan fingerprint density at radius 2 is 1.23 bits per heavy atom. The molecule has 8 heteroatoms. The second-order valence-electron chi connectivity index (χ2n) is 9.45. The molecule has 0 atom stereocenters. The first-order valence-electron chi connectivity index (χ1n) is 12.2. The number of likely N-dealkylation sites (tertiary alicyclic amines) is 1. The number of halogens is 1. The summed E-state index contributed by atoms with van der Waals surface area (Å²) in [5.74, 6) is -1.35. The van der Waals surface area contributed by atoms with Crippen LogP contribution in [-0.4, -0.2) is 53.0 Å². The van der Waals surface area contributed by atoms with Crippen LogP contribution in [0.1, 0.15) is 64.8 Å². The monoisotopic (exact) mass is 499 g/mol. The van der Waals surface area contributed by atoms with Crippen molar-refractivity contribution in [3.8, 4) is 0 Å². The van der Waals surface area contributed by atoms with Gasteiger partial charge in [0.25, 0.3) is 11.8 Å². The van der Waals surface area contributed by atoms with Crippen LogP contribution in [0, 0.1) is 5.92 Å². The van der Waals surface area contributed by atoms with Crippen molar-refractivity contribution in [1.29, 1.82) is 0 Å². The summed E-state index contributed by atoms with van der Waals surface area (Å²) >= 11 is 0. The van der Waals surface area contributed by atoms with Crippen LogP contribution in [0.15, 0.2) is 54.6 Å². The second kappa shape index (κ2) is 12.7. The van der Waals surface area contributed by atoms with Gasteiger partial charge in [0.05, 0.1) is 5.92 Å². The SMILES string of the molecule is Cl.O=C(NC1CCC(C(=O)O)CC1)c1ccc(C(=O)NC2CCN(Cc3ccccc3)CC2)cc1. The Kier molecular flexibility index (Phi) is 9.69. The van der Waals surface area contributed by atoms with Gasteiger partial charge in [0.15, 0.2) is 0 Å². The maximum Gasteiger partial charge on any atom is 0.306 e. The number of nitrogens with zero attached hydrogens (tertiary/aromatic N) is 1. The molecule has 0 bridgehead atoms. The fourth-order valence-electron chi connectivity index (χ4n) is 4.87. The van der Waals surface area contributed by atoms with Crippen LogP contribution in [0.25, 0.3) is 0 Å². The fraction of sp³-hybridized carbons (Fsp3) is 0.444. The van der Waals surface area contributed by atoms with Gasteiger partial charge in [-0.2, -0.15) is 0 Å². The second-order valence-corrected chi connectivity index (χ2v) is 9.45. The van der Waals surface area contributed by atoms with Gasteiger partial charge < -0.3 is 15.7 Å². The van der Waals surface area contributed by atoms with Gasteiger partial charge in [-0.25, -0.2) is 0 Å². The molecule has 4 rings (SSSR count). The zero-order valence-electron chi connectivity index (χ0n) is 19.8. The molecule has 0 aromatic heterocycles. The third-order valence-electron chi connectivity index (χ3n) is 6.99. The number of carboxylic acids is 1. The lowest BCUT2D eigenvalue weighted by Gasteiger charge is -2.32. The molecule has 1 heterocycles. The Hall–Kier alpha value is -2.90. The molecule has 2 aromatic carbocycles. The highest BCUT2D eigenvalue weighted by Gasteiger charge is 2.27. The molecule has 188 valence electrons. The number of carbonyl (C=O) groups is 3. The summed E-state index contributed by atoms with van der Waals surface area (Å²) in [5, 5.41) is 15.2. The van der Waals surface area contributed by atoms with Crippen LogP contribution in [0.2, 0.25) is 0 Å². The smallest absolute Gasteiger partial charge is 0.306 e. The molecule has 1 aliphatic heterocycles. The molecular formula is C27H34ClN3O4. The highest BCUT2D eigenvalue weighted by atomic mass is 35.5. The van der Waals surface area contributed by atoms with E-state index in [1.165, 1.54) is 5.56 Å². The molecule has 1 aliphatic carbocycles. The molecule has 1 saturated heterocycles. The van der Waals surface area contributed by atoms with Gasteiger partial charge in [-0.3, -0.25) is 19.3 Å². The van der Waals surface area contributed by atoms with Crippen molar-refractivity contribution < 1.29 is 19.5 Å². The lowest BCUT2D eigenvalue weighted by Crippen LogP contribution is -2.44. The van der Waals surface area contributed by atoms with Gasteiger partial charge in [-0.15, -0.1) is 12.4 Å². The number of carbonyl (C=O) groups excluding carboxylic acids is 2. The molecule has 35 heavy (non-hydrogen) atoms. The third kappa shape index (κ3) is 7.54. The van der Waals surface area contributed by atoms with E-state index in [-0.39, 0.29) is 42.2 Å². The van der Waals surface area contributed by atoms with E-state index in [4.69, 9.17) is 5.11 Å². The van der Waals surface area contributed by atoms with Gasteiger partial charge in [-0.1, -0.05) is 30.3 Å². The maximum absolute atomic E-state index is 12.7. The van der Waals surface area contributed by atoms with Gasteiger partial charge in [0.1, 0.15) is 0 Å². The van der Waals surface area contributed by atoms with Gasteiger partial charge >= 0.3 is 5.97 Å². The van der Waals surface area contributed by atoms with E-state index in [0.29, 0.717) is 36.8 Å². The summed E-state index contributed by atoms with van der Waals surface area (Å²) in [5.41, 5.74) is 2.36. The minimum Gasteiger partial charge on any atom is -0.481 e. The molecule has 0 radical (unpaired) electrons. The van der Waals surface area contributed by atoms with Crippen molar-refractivity contribution in [2.45, 2.75) is 57.2 Å². The van der Waals surface area contributed by atoms with Crippen molar-refractivity contribution in [2.24, 2.45) is 5.92 Å². The predicted molar refractivity (Wildman–Crippen MR) is 137 cm³/mol. The number of aliphatic carboxylic acids is 1. The van der Waals surface area contributed by atoms with Crippen molar-refractivity contribution in [1.82, 2.24) is 15.5 Å². The van der Waals surface area contributed by atoms with Crippen LogP contribution < -0.4 is 10.6 Å². The van der Waals surface area contributed by atoms with E-state index >= 15 is 0 Å². The molecule has 3 N–H and O–H groups in total. The first kappa shape index (κ1) is 26.7. The average molecular weight is 500 g/mol. The number of rotatable bonds is 7. The summed E-state index contributed by atoms with van der Waals surface area (Å²) in [6.45, 7) is 2.84. The van der Waals surface area contributed by atoms with Crippen LogP contribution >= 0.6 is 12.4 Å². The highest BCUT2D eigenvalue weighted by molar-refractivity contribution is 5.98. The Morgan fingerprint density at radius 3 is 1.71 bits per heavy atom. The summed E-state index contributed by atoms with van der Waals surface area (Å²) in [4.78, 5) is 38.7. The van der Waals surface area contributed by atoms with E-state index in [9.17, 15) is 14.4 Å². The minimum atomic E-state index is -0.753. The van der Waals surface area contributed by atoms with Gasteiger partial charge in [0.2, 0.25) is 0 Å². The number of benzene rings is 2. The van der Waals surface area contributed by atoms with Crippen molar-refractivity contribution in [3.63, 3.8) is 0 Å². The normalized spacial score (nSPS) is 20.9. The largest absolute Gasteiger partial charge is 0.481 e. The number of piperidine rings is 1. The number of hydrogen-bond acceptors (Lipinski definition) is 4. The average Bonchev–Trinajstić information content (AvgIpc) is 2.86. The van der Waals surface area contributed by atoms with Crippen LogP contribution in [-0.2, 0) is 11.3 Å². The summed E-state index contributed by atoms with van der Waals surface area (Å²) in [6, 6.07) is 17.3. The van der Waals surface area contributed by atoms with Gasteiger partial charge in [-0.05, 0) is 68.4 Å². The molecule has 2 aromatic rings. The van der Waals surface area contributed by atoms with Crippen LogP contribution in [0.3, 0.4) is 0 Å². The standard InChI is InChI=1S/C27H33N3O4.ClH/c31-25(28-23-12-10-22(11-13-23)27(33)34)20-6-8-21(9-7-20)26(32)29-24-14-16-30(17-15-24)18-19-4-2-1-3-5-19;/h1-9,22-24H,10-18H2,(H,28,31)(H,29,32)(H,33,34);1H. The first-order valence-corrected chi connectivity index (χ1v) is 12.2. The molecule has 2 amide bonds. The zero-order chi connectivity index (χ0) is 23.9. The summed E-state index contributed by atoms with van der Waals surface area (Å²) in [6.07, 6.45) is 4.36. The summed E-state index contributed by atoms with van der Waals surface area (Å²) in [7, 11) is 0. The Labute approximate surface area is 212 Å². The Morgan fingerprint density at radius 1 is 0.743 bits per heavy atom. The van der Waals surface area contributed by atoms with Crippen molar-refractivity contribution in [3.05, 3.63) is 71.3 Å². The molecule has 7 nitrogen and oxygen atoms in total. The number of carboxylic acid groups (broad SMARTS) is 1. The lowest BCUT2D eigenvalue weighted by molar-refractivity contribution is -0.142. The number of nitrogens with one attached hydrogen (secondary N) is 2. The van der Waals surface area contributed by atoms with E-state index in [0.717, 1.165) is 32.5 Å². The molecular weight excluding hydrogens is 466 g/mol. The zero-order valence-corrected chi connectivity index (χ0v) is 20.6. The molecule has 2 aliphatic rings. The van der Waals surface area contributed by atoms with E-state index < -0.39 is 5.97 Å². The van der Waals surface area contributed by atoms with Crippen molar-refractivity contribution >= 4 is 30.2 Å². The van der Waals surface area contributed by atoms with E-state index in [1.807, 2.05) is 6.07 Å². The lowest BCUT2D eigenvalue weighted by atomic mass is 9.86. The Bertz CT molecular complexity index is 983. The molecule has 0 spiro atoms. The van der Waals surface area contributed by atoms with E-state index in [2.05, 4.69) is 39.8 Å². The quantitative estimate of drug-likeness (QED) is 0.537. The molecule has 1 saturated carbocycles. The summed E-state index contributed by atoms with van der Waals surface area (Å²) < 4.78 is 0. The van der Waals surface area contributed by atoms with Crippen LogP contribution in [0.5, 0.6) is 0 Å². The number of hydrogen-bond donors (Lipinski definition) is 3. The van der Waals surface area contributed by atoms with Crippen molar-refractivity contribution in [2.75, 3.05) is 13.1 Å². The maximum atomic E-state index is 12.7. The first-order chi connectivity index (χ1) is 16.5. The highest BCUT2D eigenvalue weighted by Crippen LogP contribution is 2.24. The van der Waals surface area contributed by atoms with Gasteiger partial charge in [0, 0.05) is 42.8 Å². The fourth-order valence-corrected chi connectivity index (χ4v) is 4.87. The van der Waals surface area contributed by atoms with Crippen LogP contribution in [0.4, 0.5) is 0 Å². The topological polar surface area (TPSA) is 98.7 Å². The predicted octanol–water partition coefficient (Wildman–Crippen LogP) is 3.88.